The summed E-state index contributed by atoms with van der Waals surface area (Å²) < 4.78 is 5.69. The Labute approximate surface area is 166 Å². The van der Waals surface area contributed by atoms with Crippen LogP contribution in [0.4, 0.5) is 5.69 Å². The first-order valence-corrected chi connectivity index (χ1v) is 10.6. The van der Waals surface area contributed by atoms with Crippen LogP contribution in [0, 0.1) is 0 Å². The number of benzene rings is 1. The molecule has 2 aromatic heterocycles. The summed E-state index contributed by atoms with van der Waals surface area (Å²) in [5.41, 5.74) is 3.62. The molecule has 0 bridgehead atoms. The molecule has 4 nitrogen and oxygen atoms in total. The van der Waals surface area contributed by atoms with Crippen molar-refractivity contribution >= 4 is 28.6 Å². The Morgan fingerprint density at radius 2 is 1.85 bits per heavy atom. The van der Waals surface area contributed by atoms with Crippen LogP contribution in [0.3, 0.4) is 0 Å². The lowest BCUT2D eigenvalue weighted by Gasteiger charge is -2.32. The number of fused-ring (bicyclic) bond motifs is 3. The summed E-state index contributed by atoms with van der Waals surface area (Å²) in [6.45, 7) is 1.89. The van der Waals surface area contributed by atoms with E-state index in [0.717, 1.165) is 71.2 Å². The number of hydrogen-bond acceptors (Lipinski definition) is 5. The summed E-state index contributed by atoms with van der Waals surface area (Å²) >= 11 is 8.03. The summed E-state index contributed by atoms with van der Waals surface area (Å²) in [4.78, 5) is 20.6. The molecule has 0 N–H and O–H groups in total. The van der Waals surface area contributed by atoms with Gasteiger partial charge in [-0.2, -0.15) is 0 Å². The first-order valence-electron chi connectivity index (χ1n) is 9.38. The van der Waals surface area contributed by atoms with Gasteiger partial charge in [-0.25, -0.2) is 9.78 Å². The van der Waals surface area contributed by atoms with Gasteiger partial charge in [0.05, 0.1) is 16.3 Å². The Balaban J connectivity index is 1.66. The third-order valence-corrected chi connectivity index (χ3v) is 6.83. The van der Waals surface area contributed by atoms with Crippen molar-refractivity contribution in [1.82, 2.24) is 4.98 Å². The average molecular weight is 399 g/mol. The second-order valence-electron chi connectivity index (χ2n) is 7.07. The fourth-order valence-corrected chi connectivity index (χ4v) is 5.44. The van der Waals surface area contributed by atoms with E-state index < -0.39 is 5.63 Å². The molecular formula is C21H19ClN2O2S. The summed E-state index contributed by atoms with van der Waals surface area (Å²) in [5.74, 6) is 0.672. The van der Waals surface area contributed by atoms with E-state index in [1.165, 1.54) is 6.42 Å². The van der Waals surface area contributed by atoms with E-state index >= 15 is 0 Å². The molecule has 1 aliphatic heterocycles. The molecule has 0 saturated carbocycles. The topological polar surface area (TPSA) is 46.3 Å². The van der Waals surface area contributed by atoms with Gasteiger partial charge in [0, 0.05) is 24.2 Å². The van der Waals surface area contributed by atoms with Gasteiger partial charge >= 0.3 is 5.63 Å². The molecule has 0 unspecified atom stereocenters. The van der Waals surface area contributed by atoms with Crippen LogP contribution in [-0.2, 0) is 12.8 Å². The van der Waals surface area contributed by atoms with Crippen LogP contribution in [0.2, 0.25) is 5.02 Å². The van der Waals surface area contributed by atoms with Crippen LogP contribution >= 0.6 is 22.9 Å². The van der Waals surface area contributed by atoms with Crippen LogP contribution in [0.1, 0.15) is 30.5 Å². The van der Waals surface area contributed by atoms with Crippen LogP contribution in [0.15, 0.2) is 39.5 Å². The van der Waals surface area contributed by atoms with E-state index in [1.54, 1.807) is 11.3 Å². The van der Waals surface area contributed by atoms with Crippen LogP contribution in [0.5, 0.6) is 0 Å². The van der Waals surface area contributed by atoms with Crippen molar-refractivity contribution in [1.29, 1.82) is 0 Å². The maximum Gasteiger partial charge on any atom is 0.357 e. The molecule has 5 rings (SSSR count). The molecule has 3 aromatic rings. The van der Waals surface area contributed by atoms with Crippen molar-refractivity contribution < 1.29 is 4.42 Å². The molecule has 1 fully saturated rings. The van der Waals surface area contributed by atoms with Gasteiger partial charge in [0.1, 0.15) is 10.0 Å². The lowest BCUT2D eigenvalue weighted by molar-refractivity contribution is 0.511. The molecule has 0 atom stereocenters. The number of piperidine rings is 1. The fourth-order valence-electron chi connectivity index (χ4n) is 4.04. The molecule has 27 heavy (non-hydrogen) atoms. The third-order valence-electron chi connectivity index (χ3n) is 5.35. The molecule has 1 aromatic carbocycles. The van der Waals surface area contributed by atoms with E-state index in [4.69, 9.17) is 21.0 Å². The second-order valence-corrected chi connectivity index (χ2v) is 8.45. The number of anilines is 1. The highest BCUT2D eigenvalue weighted by molar-refractivity contribution is 7.18. The fraction of sp³-hybridized carbons (Fsp3) is 0.333. The molecule has 2 aliphatic rings. The van der Waals surface area contributed by atoms with Crippen molar-refractivity contribution in [2.24, 2.45) is 0 Å². The Morgan fingerprint density at radius 3 is 2.63 bits per heavy atom. The number of aromatic nitrogens is 1. The van der Waals surface area contributed by atoms with E-state index in [1.807, 2.05) is 18.2 Å². The van der Waals surface area contributed by atoms with Crippen molar-refractivity contribution in [2.45, 2.75) is 32.1 Å². The van der Waals surface area contributed by atoms with E-state index in [9.17, 15) is 4.79 Å². The van der Waals surface area contributed by atoms with Gasteiger partial charge in [-0.1, -0.05) is 41.9 Å². The summed E-state index contributed by atoms with van der Waals surface area (Å²) in [5, 5.41) is 1.19. The van der Waals surface area contributed by atoms with Crippen LogP contribution in [0.25, 0.3) is 21.2 Å². The Morgan fingerprint density at radius 1 is 1.07 bits per heavy atom. The van der Waals surface area contributed by atoms with Crippen LogP contribution in [-0.4, -0.2) is 18.1 Å². The second kappa shape index (κ2) is 6.80. The van der Waals surface area contributed by atoms with Gasteiger partial charge < -0.3 is 9.32 Å². The molecular weight excluding hydrogens is 380 g/mol. The molecule has 0 spiro atoms. The smallest absolute Gasteiger partial charge is 0.357 e. The Bertz CT molecular complexity index is 1050. The number of thiazole rings is 1. The first-order chi connectivity index (χ1) is 13.2. The number of nitrogens with zero attached hydrogens (tertiary/aromatic N) is 2. The Kier molecular flexibility index (Phi) is 4.29. The standard InChI is InChI=1S/C21H19ClN2O2S/c22-16-17(24-11-5-2-6-12-24)14-9-10-15-19(18(14)26-21(16)25)27-20(23-15)13-7-3-1-4-8-13/h1,3-4,7-8H,2,5-6,9-12H2. The largest absolute Gasteiger partial charge is 0.420 e. The van der Waals surface area contributed by atoms with Gasteiger partial charge in [0.25, 0.3) is 0 Å². The molecule has 138 valence electrons. The van der Waals surface area contributed by atoms with Crippen molar-refractivity contribution in [3.8, 4) is 21.2 Å². The van der Waals surface area contributed by atoms with Gasteiger partial charge in [0.15, 0.2) is 5.76 Å². The minimum Gasteiger partial charge on any atom is -0.420 e. The van der Waals surface area contributed by atoms with E-state index in [0.29, 0.717) is 5.76 Å². The van der Waals surface area contributed by atoms with Gasteiger partial charge in [-0.15, -0.1) is 11.3 Å². The third kappa shape index (κ3) is 2.89. The van der Waals surface area contributed by atoms with Gasteiger partial charge in [-0.05, 0) is 32.1 Å². The predicted octanol–water partition coefficient (Wildman–Crippen LogP) is 5.17. The van der Waals surface area contributed by atoms with Gasteiger partial charge in [0.2, 0.25) is 0 Å². The maximum atomic E-state index is 12.5. The van der Waals surface area contributed by atoms with Crippen LogP contribution < -0.4 is 10.5 Å². The molecule has 3 heterocycles. The monoisotopic (exact) mass is 398 g/mol. The molecule has 1 aliphatic carbocycles. The van der Waals surface area contributed by atoms with Crippen molar-refractivity contribution in [3.63, 3.8) is 0 Å². The quantitative estimate of drug-likeness (QED) is 0.597. The first kappa shape index (κ1) is 17.0. The number of rotatable bonds is 2. The lowest BCUT2D eigenvalue weighted by Crippen LogP contribution is -2.32. The normalized spacial score (nSPS) is 16.1. The van der Waals surface area contributed by atoms with E-state index in [2.05, 4.69) is 17.0 Å². The van der Waals surface area contributed by atoms with Gasteiger partial charge in [-0.3, -0.25) is 0 Å². The minimum absolute atomic E-state index is 0.229. The minimum atomic E-state index is -0.446. The molecule has 0 radical (unpaired) electrons. The zero-order valence-electron chi connectivity index (χ0n) is 14.8. The number of halogens is 1. The average Bonchev–Trinajstić information content (AvgIpc) is 3.15. The highest BCUT2D eigenvalue weighted by Gasteiger charge is 2.31. The predicted molar refractivity (Wildman–Crippen MR) is 110 cm³/mol. The van der Waals surface area contributed by atoms with Crippen molar-refractivity contribution in [2.75, 3.05) is 18.0 Å². The molecule has 6 heteroatoms. The zero-order chi connectivity index (χ0) is 18.4. The summed E-state index contributed by atoms with van der Waals surface area (Å²) in [6, 6.07) is 10.1. The maximum absolute atomic E-state index is 12.5. The van der Waals surface area contributed by atoms with Crippen molar-refractivity contribution in [3.05, 3.63) is 57.0 Å². The number of hydrogen-bond donors (Lipinski definition) is 0. The molecule has 0 amide bonds. The van der Waals surface area contributed by atoms with E-state index in [-0.39, 0.29) is 5.02 Å². The highest BCUT2D eigenvalue weighted by Crippen LogP contribution is 2.45. The zero-order valence-corrected chi connectivity index (χ0v) is 16.4. The lowest BCUT2D eigenvalue weighted by atomic mass is 9.96. The summed E-state index contributed by atoms with van der Waals surface area (Å²) in [6.07, 6.45) is 5.15. The number of aryl methyl sites for hydroxylation is 1. The Hall–Kier alpha value is -2.11. The highest BCUT2D eigenvalue weighted by atomic mass is 35.5. The molecule has 1 saturated heterocycles. The SMILES string of the molecule is O=c1oc2c(c(N3CCCCC3)c1Cl)CCc1nc(-c3ccccc3)sc1-2. The summed E-state index contributed by atoms with van der Waals surface area (Å²) in [7, 11) is 0.